The summed E-state index contributed by atoms with van der Waals surface area (Å²) in [5, 5.41) is 19.3. The summed E-state index contributed by atoms with van der Waals surface area (Å²) >= 11 is 0. The molecule has 0 aliphatic carbocycles. The molecule has 0 saturated carbocycles. The largest absolute Gasteiger partial charge is 1.00 e. The standard InChI is InChI=1S/C18H34O3.K/c1-2-3-4-5-6-7-8-9-10-11-12-13-14-15-16-17(19)18(20)21;/h7-8,17,19H,2-6,9-16H2,1H3,(H,20,21);/q;+1/p-1/b8-7+;. The van der Waals surface area contributed by atoms with Gasteiger partial charge in [-0.3, -0.25) is 0 Å². The van der Waals surface area contributed by atoms with E-state index in [0.29, 0.717) is 6.42 Å². The molecule has 0 aromatic rings. The maximum absolute atomic E-state index is 10.3. The number of carbonyl (C=O) groups excluding carboxylic acids is 1. The molecular weight excluding hydrogens is 303 g/mol. The van der Waals surface area contributed by atoms with Gasteiger partial charge in [-0.1, -0.05) is 70.4 Å². The van der Waals surface area contributed by atoms with Crippen molar-refractivity contribution >= 4 is 5.97 Å². The molecule has 124 valence electrons. The normalized spacial score (nSPS) is 12.3. The van der Waals surface area contributed by atoms with E-state index >= 15 is 0 Å². The van der Waals surface area contributed by atoms with Gasteiger partial charge < -0.3 is 15.0 Å². The van der Waals surface area contributed by atoms with E-state index in [-0.39, 0.29) is 51.4 Å². The second-order valence-corrected chi connectivity index (χ2v) is 5.85. The van der Waals surface area contributed by atoms with Gasteiger partial charge in [-0.05, 0) is 32.1 Å². The average Bonchev–Trinajstić information content (AvgIpc) is 2.47. The minimum absolute atomic E-state index is 0. The van der Waals surface area contributed by atoms with E-state index in [0.717, 1.165) is 19.3 Å². The van der Waals surface area contributed by atoms with Gasteiger partial charge >= 0.3 is 51.4 Å². The van der Waals surface area contributed by atoms with Crippen molar-refractivity contribution in [1.29, 1.82) is 0 Å². The Hall–Kier alpha value is 0.806. The number of aliphatic carboxylic acids is 1. The molecule has 0 fully saturated rings. The fourth-order valence-electron chi connectivity index (χ4n) is 2.35. The van der Waals surface area contributed by atoms with Crippen LogP contribution in [0.5, 0.6) is 0 Å². The number of carboxylic acid groups (broad SMARTS) is 1. The monoisotopic (exact) mass is 336 g/mol. The zero-order valence-electron chi connectivity index (χ0n) is 14.7. The Morgan fingerprint density at radius 3 is 1.86 bits per heavy atom. The summed E-state index contributed by atoms with van der Waals surface area (Å²) in [5.74, 6) is -1.35. The minimum Gasteiger partial charge on any atom is -0.547 e. The van der Waals surface area contributed by atoms with Crippen molar-refractivity contribution in [1.82, 2.24) is 0 Å². The van der Waals surface area contributed by atoms with Crippen molar-refractivity contribution in [3.05, 3.63) is 12.2 Å². The molecule has 0 rings (SSSR count). The Morgan fingerprint density at radius 2 is 1.36 bits per heavy atom. The van der Waals surface area contributed by atoms with Crippen LogP contribution < -0.4 is 56.5 Å². The molecule has 0 aliphatic rings. The van der Waals surface area contributed by atoms with Crippen molar-refractivity contribution < 1.29 is 66.4 Å². The molecule has 0 amide bonds. The van der Waals surface area contributed by atoms with Crippen LogP contribution in [-0.4, -0.2) is 17.2 Å². The number of hydrogen-bond acceptors (Lipinski definition) is 3. The number of aliphatic hydroxyl groups is 1. The summed E-state index contributed by atoms with van der Waals surface area (Å²) in [6.07, 6.45) is 18.0. The van der Waals surface area contributed by atoms with Crippen molar-refractivity contribution in [3.8, 4) is 0 Å². The second kappa shape index (κ2) is 19.9. The predicted octanol–water partition coefficient (Wildman–Crippen LogP) is 0.749. The summed E-state index contributed by atoms with van der Waals surface area (Å²) < 4.78 is 0. The molecule has 1 unspecified atom stereocenters. The van der Waals surface area contributed by atoms with Gasteiger partial charge in [-0.25, -0.2) is 0 Å². The number of hydrogen-bond donors (Lipinski definition) is 1. The summed E-state index contributed by atoms with van der Waals surface area (Å²) in [5.41, 5.74) is 0. The van der Waals surface area contributed by atoms with Crippen molar-refractivity contribution in [2.45, 2.75) is 96.5 Å². The van der Waals surface area contributed by atoms with E-state index in [1.54, 1.807) is 0 Å². The molecule has 0 bridgehead atoms. The third kappa shape index (κ3) is 18.9. The molecule has 22 heavy (non-hydrogen) atoms. The van der Waals surface area contributed by atoms with Crippen LogP contribution in [0.25, 0.3) is 0 Å². The summed E-state index contributed by atoms with van der Waals surface area (Å²) in [4.78, 5) is 10.3. The van der Waals surface area contributed by atoms with Gasteiger partial charge in [0, 0.05) is 0 Å². The Kier molecular flexibility index (Phi) is 22.6. The number of rotatable bonds is 15. The van der Waals surface area contributed by atoms with Crippen molar-refractivity contribution in [3.63, 3.8) is 0 Å². The Bertz CT molecular complexity index is 267. The van der Waals surface area contributed by atoms with Crippen molar-refractivity contribution in [2.24, 2.45) is 0 Å². The third-order valence-electron chi connectivity index (χ3n) is 3.76. The molecule has 0 aliphatic heterocycles. The van der Waals surface area contributed by atoms with Crippen LogP contribution >= 0.6 is 0 Å². The third-order valence-corrected chi connectivity index (χ3v) is 3.76. The Balaban J connectivity index is 0. The van der Waals surface area contributed by atoms with E-state index < -0.39 is 12.1 Å². The summed E-state index contributed by atoms with van der Waals surface area (Å²) in [6, 6.07) is 0. The Morgan fingerprint density at radius 1 is 0.909 bits per heavy atom. The molecule has 0 aromatic carbocycles. The maximum Gasteiger partial charge on any atom is 1.00 e. The van der Waals surface area contributed by atoms with Crippen LogP contribution in [0.4, 0.5) is 0 Å². The van der Waals surface area contributed by atoms with Gasteiger partial charge in [0.05, 0.1) is 12.1 Å². The number of carbonyl (C=O) groups is 1. The van der Waals surface area contributed by atoms with Gasteiger partial charge in [0.15, 0.2) is 0 Å². The van der Waals surface area contributed by atoms with E-state index in [4.69, 9.17) is 5.11 Å². The average molecular weight is 337 g/mol. The number of allylic oxidation sites excluding steroid dienone is 2. The number of carboxylic acids is 1. The first-order valence-electron chi connectivity index (χ1n) is 8.72. The van der Waals surface area contributed by atoms with E-state index in [9.17, 15) is 9.90 Å². The zero-order valence-corrected chi connectivity index (χ0v) is 17.8. The van der Waals surface area contributed by atoms with Crippen LogP contribution in [0.15, 0.2) is 12.2 Å². The predicted molar refractivity (Wildman–Crippen MR) is 85.8 cm³/mol. The van der Waals surface area contributed by atoms with E-state index in [1.807, 2.05) is 0 Å². The van der Waals surface area contributed by atoms with Gasteiger partial charge in [0.25, 0.3) is 0 Å². The molecule has 1 atom stereocenters. The summed E-state index contributed by atoms with van der Waals surface area (Å²) in [7, 11) is 0. The Labute approximate surface area is 179 Å². The molecule has 0 saturated heterocycles. The van der Waals surface area contributed by atoms with Gasteiger partial charge in [0.1, 0.15) is 0 Å². The van der Waals surface area contributed by atoms with Crippen LogP contribution in [0.1, 0.15) is 90.4 Å². The fraction of sp³-hybridized carbons (Fsp3) is 0.833. The zero-order chi connectivity index (χ0) is 15.8. The molecular formula is C18H33KO3. The summed E-state index contributed by atoms with van der Waals surface area (Å²) in [6.45, 7) is 2.24. The SMILES string of the molecule is CCCCCC/C=C/CCCCCCCCC(O)C(=O)[O-].[K+]. The molecule has 3 nitrogen and oxygen atoms in total. The van der Waals surface area contributed by atoms with Gasteiger partial charge in [0.2, 0.25) is 0 Å². The molecule has 0 heterocycles. The minimum atomic E-state index is -1.35. The van der Waals surface area contributed by atoms with Crippen LogP contribution in [0.3, 0.4) is 0 Å². The number of unbranched alkanes of at least 4 members (excludes halogenated alkanes) is 10. The molecule has 0 aromatic heterocycles. The molecule has 0 radical (unpaired) electrons. The van der Waals surface area contributed by atoms with Crippen LogP contribution in [-0.2, 0) is 4.79 Å². The van der Waals surface area contributed by atoms with Crippen LogP contribution in [0, 0.1) is 0 Å². The molecule has 1 N–H and O–H groups in total. The second-order valence-electron chi connectivity index (χ2n) is 5.85. The topological polar surface area (TPSA) is 60.4 Å². The van der Waals surface area contributed by atoms with E-state index in [1.165, 1.54) is 57.8 Å². The van der Waals surface area contributed by atoms with E-state index in [2.05, 4.69) is 19.1 Å². The quantitative estimate of drug-likeness (QED) is 0.273. The molecule has 4 heteroatoms. The van der Waals surface area contributed by atoms with Gasteiger partial charge in [-0.15, -0.1) is 0 Å². The first-order valence-corrected chi connectivity index (χ1v) is 8.72. The van der Waals surface area contributed by atoms with Crippen LogP contribution in [0.2, 0.25) is 0 Å². The number of aliphatic hydroxyl groups excluding tert-OH is 1. The molecule has 0 spiro atoms. The smallest absolute Gasteiger partial charge is 0.547 e. The first-order chi connectivity index (χ1) is 10.2. The van der Waals surface area contributed by atoms with Crippen molar-refractivity contribution in [2.75, 3.05) is 0 Å². The fourth-order valence-corrected chi connectivity index (χ4v) is 2.35. The first kappa shape index (κ1) is 25.1. The maximum atomic E-state index is 10.3. The van der Waals surface area contributed by atoms with Gasteiger partial charge in [-0.2, -0.15) is 0 Å².